The van der Waals surface area contributed by atoms with Crippen molar-refractivity contribution in [1.29, 1.82) is 0 Å². The van der Waals surface area contributed by atoms with Gasteiger partial charge in [0.25, 0.3) is 0 Å². The van der Waals surface area contributed by atoms with Crippen LogP contribution in [0.1, 0.15) is 31.4 Å². The summed E-state index contributed by atoms with van der Waals surface area (Å²) >= 11 is 7.08. The molecular formula is C13H15Br2N. The van der Waals surface area contributed by atoms with Gasteiger partial charge in [0.1, 0.15) is 0 Å². The normalized spacial score (nSPS) is 12.1. The average Bonchev–Trinajstić information content (AvgIpc) is 2.28. The van der Waals surface area contributed by atoms with E-state index in [2.05, 4.69) is 62.2 Å². The van der Waals surface area contributed by atoms with Gasteiger partial charge < -0.3 is 5.32 Å². The van der Waals surface area contributed by atoms with Crippen molar-refractivity contribution >= 4 is 31.9 Å². The highest BCUT2D eigenvalue weighted by molar-refractivity contribution is 9.11. The molecule has 0 bridgehead atoms. The quantitative estimate of drug-likeness (QED) is 0.786. The molecular weight excluding hydrogens is 330 g/mol. The summed E-state index contributed by atoms with van der Waals surface area (Å²) in [7, 11) is 0. The van der Waals surface area contributed by atoms with Gasteiger partial charge in [0, 0.05) is 21.4 Å². The van der Waals surface area contributed by atoms with Crippen LogP contribution in [-0.4, -0.2) is 6.54 Å². The molecule has 16 heavy (non-hydrogen) atoms. The third kappa shape index (κ3) is 3.93. The maximum atomic E-state index is 5.32. The van der Waals surface area contributed by atoms with E-state index in [1.807, 2.05) is 6.07 Å². The molecule has 0 amide bonds. The Kier molecular flexibility index (Phi) is 6.12. The van der Waals surface area contributed by atoms with Crippen LogP contribution in [0.3, 0.4) is 0 Å². The largest absolute Gasteiger partial charge is 0.310 e. The molecule has 0 aromatic heterocycles. The highest BCUT2D eigenvalue weighted by atomic mass is 79.9. The van der Waals surface area contributed by atoms with Gasteiger partial charge in [0.05, 0.1) is 0 Å². The second-order valence-corrected chi connectivity index (χ2v) is 5.29. The first-order chi connectivity index (χ1) is 7.69. The monoisotopic (exact) mass is 343 g/mol. The number of terminal acetylenes is 1. The second-order valence-electron chi connectivity index (χ2n) is 3.52. The highest BCUT2D eigenvalue weighted by Crippen LogP contribution is 2.29. The molecule has 0 heterocycles. The fourth-order valence-corrected chi connectivity index (χ4v) is 2.52. The Hall–Kier alpha value is -0.300. The van der Waals surface area contributed by atoms with Gasteiger partial charge in [-0.1, -0.05) is 38.8 Å². The molecule has 1 aromatic carbocycles. The summed E-state index contributed by atoms with van der Waals surface area (Å²) in [5.41, 5.74) is 1.26. The van der Waals surface area contributed by atoms with E-state index in [1.165, 1.54) is 5.56 Å². The molecule has 1 aromatic rings. The van der Waals surface area contributed by atoms with Crippen molar-refractivity contribution in [2.45, 2.75) is 25.8 Å². The Morgan fingerprint density at radius 2 is 2.19 bits per heavy atom. The van der Waals surface area contributed by atoms with Crippen molar-refractivity contribution in [3.05, 3.63) is 32.7 Å². The summed E-state index contributed by atoms with van der Waals surface area (Å²) < 4.78 is 2.22. The highest BCUT2D eigenvalue weighted by Gasteiger charge is 2.13. The lowest BCUT2D eigenvalue weighted by Gasteiger charge is -2.19. The third-order valence-electron chi connectivity index (χ3n) is 2.36. The van der Waals surface area contributed by atoms with Gasteiger partial charge in [-0.15, -0.1) is 12.3 Å². The van der Waals surface area contributed by atoms with Crippen molar-refractivity contribution < 1.29 is 0 Å². The summed E-state index contributed by atoms with van der Waals surface area (Å²) in [6.45, 7) is 3.04. The molecule has 1 atom stereocenters. The minimum absolute atomic E-state index is 0.313. The van der Waals surface area contributed by atoms with Crippen LogP contribution < -0.4 is 5.32 Å². The van der Waals surface area contributed by atoms with E-state index in [1.54, 1.807) is 0 Å². The van der Waals surface area contributed by atoms with Gasteiger partial charge in [-0.25, -0.2) is 0 Å². The lowest BCUT2D eigenvalue weighted by molar-refractivity contribution is 0.521. The van der Waals surface area contributed by atoms with E-state index in [9.17, 15) is 0 Å². The zero-order valence-corrected chi connectivity index (χ0v) is 12.4. The summed E-state index contributed by atoms with van der Waals surface area (Å²) in [6, 6.07) is 6.53. The fraction of sp³-hybridized carbons (Fsp3) is 0.385. The Balaban J connectivity index is 2.91. The Morgan fingerprint density at radius 3 is 2.81 bits per heavy atom. The standard InChI is InChI=1S/C13H15Br2N/c1-3-5-6-13(16-4-2)11-9-10(14)7-8-12(11)15/h1,7-9,13,16H,4-6H2,2H3. The van der Waals surface area contributed by atoms with Crippen molar-refractivity contribution in [3.63, 3.8) is 0 Å². The number of rotatable bonds is 5. The maximum absolute atomic E-state index is 5.32. The number of benzene rings is 1. The molecule has 0 aliphatic rings. The molecule has 0 fully saturated rings. The molecule has 1 rings (SSSR count). The van der Waals surface area contributed by atoms with Gasteiger partial charge in [-0.05, 0) is 36.7 Å². The Bertz CT molecular complexity index is 382. The van der Waals surface area contributed by atoms with Crippen LogP contribution >= 0.6 is 31.9 Å². The van der Waals surface area contributed by atoms with E-state index in [4.69, 9.17) is 6.42 Å². The first-order valence-electron chi connectivity index (χ1n) is 5.30. The predicted octanol–water partition coefficient (Wildman–Crippen LogP) is 4.28. The molecule has 0 saturated heterocycles. The van der Waals surface area contributed by atoms with Gasteiger partial charge in [0.15, 0.2) is 0 Å². The average molecular weight is 345 g/mol. The van der Waals surface area contributed by atoms with Crippen LogP contribution in [0.5, 0.6) is 0 Å². The summed E-state index contributed by atoms with van der Waals surface area (Å²) in [6.07, 6.45) is 7.07. The number of hydrogen-bond acceptors (Lipinski definition) is 1. The SMILES string of the molecule is C#CCCC(NCC)c1cc(Br)ccc1Br. The molecule has 1 N–H and O–H groups in total. The van der Waals surface area contributed by atoms with Crippen LogP contribution in [0.4, 0.5) is 0 Å². The maximum Gasteiger partial charge on any atom is 0.0340 e. The van der Waals surface area contributed by atoms with Crippen LogP contribution in [0.25, 0.3) is 0 Å². The fourth-order valence-electron chi connectivity index (χ4n) is 1.62. The summed E-state index contributed by atoms with van der Waals surface area (Å²) in [5, 5.41) is 3.46. The first kappa shape index (κ1) is 13.8. The molecule has 1 nitrogen and oxygen atoms in total. The number of halogens is 2. The Labute approximate surface area is 114 Å². The van der Waals surface area contributed by atoms with Gasteiger partial charge in [-0.3, -0.25) is 0 Å². The van der Waals surface area contributed by atoms with Crippen LogP contribution in [0.2, 0.25) is 0 Å². The van der Waals surface area contributed by atoms with Crippen molar-refractivity contribution in [1.82, 2.24) is 5.32 Å². The van der Waals surface area contributed by atoms with Gasteiger partial charge in [0.2, 0.25) is 0 Å². The van der Waals surface area contributed by atoms with Gasteiger partial charge >= 0.3 is 0 Å². The number of nitrogens with one attached hydrogen (secondary N) is 1. The third-order valence-corrected chi connectivity index (χ3v) is 3.58. The van der Waals surface area contributed by atoms with Crippen LogP contribution in [0.15, 0.2) is 27.1 Å². The van der Waals surface area contributed by atoms with Crippen molar-refractivity contribution in [3.8, 4) is 12.3 Å². The van der Waals surface area contributed by atoms with E-state index < -0.39 is 0 Å². The lowest BCUT2D eigenvalue weighted by atomic mass is 10.0. The van der Waals surface area contributed by atoms with Crippen LogP contribution in [0, 0.1) is 12.3 Å². The molecule has 0 spiro atoms. The van der Waals surface area contributed by atoms with E-state index in [0.717, 1.165) is 28.3 Å². The van der Waals surface area contributed by atoms with Crippen molar-refractivity contribution in [2.24, 2.45) is 0 Å². The molecule has 0 aliphatic carbocycles. The predicted molar refractivity (Wildman–Crippen MR) is 76.3 cm³/mol. The minimum Gasteiger partial charge on any atom is -0.310 e. The summed E-state index contributed by atoms with van der Waals surface area (Å²) in [4.78, 5) is 0. The van der Waals surface area contributed by atoms with Crippen molar-refractivity contribution in [2.75, 3.05) is 6.54 Å². The molecule has 0 radical (unpaired) electrons. The Morgan fingerprint density at radius 1 is 1.44 bits per heavy atom. The van der Waals surface area contributed by atoms with E-state index in [-0.39, 0.29) is 0 Å². The zero-order chi connectivity index (χ0) is 12.0. The molecule has 1 unspecified atom stereocenters. The zero-order valence-electron chi connectivity index (χ0n) is 9.26. The second kappa shape index (κ2) is 7.11. The first-order valence-corrected chi connectivity index (χ1v) is 6.89. The van der Waals surface area contributed by atoms with E-state index in [0.29, 0.717) is 6.04 Å². The molecule has 0 saturated carbocycles. The van der Waals surface area contributed by atoms with Crippen LogP contribution in [-0.2, 0) is 0 Å². The topological polar surface area (TPSA) is 12.0 Å². The molecule has 3 heteroatoms. The lowest BCUT2D eigenvalue weighted by Crippen LogP contribution is -2.21. The van der Waals surface area contributed by atoms with E-state index >= 15 is 0 Å². The molecule has 86 valence electrons. The molecule has 0 aliphatic heterocycles. The number of hydrogen-bond donors (Lipinski definition) is 1. The smallest absolute Gasteiger partial charge is 0.0340 e. The van der Waals surface area contributed by atoms with Gasteiger partial charge in [-0.2, -0.15) is 0 Å². The minimum atomic E-state index is 0.313. The summed E-state index contributed by atoms with van der Waals surface area (Å²) in [5.74, 6) is 2.69.